The molecule has 0 radical (unpaired) electrons. The first-order valence-corrected chi connectivity index (χ1v) is 5.95. The molecular formula is C11H15F3N4O. The molecule has 1 aromatic heterocycles. The maximum Gasteiger partial charge on any atom is 0.401 e. The highest BCUT2D eigenvalue weighted by atomic mass is 19.4. The Bertz CT molecular complexity index is 449. The molecule has 0 bridgehead atoms. The molecule has 1 aromatic rings. The summed E-state index contributed by atoms with van der Waals surface area (Å²) in [5.74, 6) is -0.182. The second-order valence-electron chi connectivity index (χ2n) is 4.59. The van der Waals surface area contributed by atoms with Crippen LogP contribution in [-0.4, -0.2) is 64.8 Å². The highest BCUT2D eigenvalue weighted by Gasteiger charge is 2.33. The molecule has 1 aliphatic heterocycles. The van der Waals surface area contributed by atoms with Crippen molar-refractivity contribution in [1.29, 1.82) is 0 Å². The molecule has 19 heavy (non-hydrogen) atoms. The van der Waals surface area contributed by atoms with Gasteiger partial charge in [-0.25, -0.2) is 0 Å². The van der Waals surface area contributed by atoms with Gasteiger partial charge in [-0.15, -0.1) is 0 Å². The smallest absolute Gasteiger partial charge is 0.336 e. The standard InChI is InChI=1S/C11H15F3N4O/c1-8-9(6-15-16-8)10(19)18-4-2-17(3-5-18)7-11(12,13)14/h6H,2-5,7H2,1H3,(H,15,16). The molecule has 106 valence electrons. The zero-order valence-corrected chi connectivity index (χ0v) is 10.5. The van der Waals surface area contributed by atoms with Crippen LogP contribution in [0.3, 0.4) is 0 Å². The van der Waals surface area contributed by atoms with E-state index >= 15 is 0 Å². The molecule has 8 heteroatoms. The average molecular weight is 276 g/mol. The van der Waals surface area contributed by atoms with E-state index in [0.29, 0.717) is 24.3 Å². The van der Waals surface area contributed by atoms with Crippen molar-refractivity contribution in [2.75, 3.05) is 32.7 Å². The molecule has 0 spiro atoms. The van der Waals surface area contributed by atoms with Crippen molar-refractivity contribution in [3.63, 3.8) is 0 Å². The first kappa shape index (κ1) is 13.9. The molecule has 0 atom stereocenters. The van der Waals surface area contributed by atoms with Gasteiger partial charge in [-0.3, -0.25) is 14.8 Å². The highest BCUT2D eigenvalue weighted by molar-refractivity contribution is 5.95. The maximum atomic E-state index is 12.2. The molecule has 2 heterocycles. The fraction of sp³-hybridized carbons (Fsp3) is 0.636. The van der Waals surface area contributed by atoms with Crippen molar-refractivity contribution < 1.29 is 18.0 Å². The van der Waals surface area contributed by atoms with Crippen LogP contribution < -0.4 is 0 Å². The normalized spacial score (nSPS) is 17.8. The summed E-state index contributed by atoms with van der Waals surface area (Å²) in [4.78, 5) is 15.0. The van der Waals surface area contributed by atoms with E-state index in [9.17, 15) is 18.0 Å². The zero-order chi connectivity index (χ0) is 14.0. The molecule has 0 unspecified atom stereocenters. The van der Waals surface area contributed by atoms with Crippen LogP contribution in [0.2, 0.25) is 0 Å². The van der Waals surface area contributed by atoms with E-state index in [1.807, 2.05) is 0 Å². The zero-order valence-electron chi connectivity index (χ0n) is 10.5. The predicted molar refractivity (Wildman–Crippen MR) is 61.7 cm³/mol. The molecule has 0 aliphatic carbocycles. The first-order chi connectivity index (χ1) is 8.87. The van der Waals surface area contributed by atoms with Gasteiger partial charge in [-0.1, -0.05) is 0 Å². The van der Waals surface area contributed by atoms with Gasteiger partial charge in [0.15, 0.2) is 0 Å². The van der Waals surface area contributed by atoms with Crippen molar-refractivity contribution >= 4 is 5.91 Å². The van der Waals surface area contributed by atoms with Crippen LogP contribution in [0, 0.1) is 6.92 Å². The number of piperazine rings is 1. The Balaban J connectivity index is 1.90. The number of carbonyl (C=O) groups excluding carboxylic acids is 1. The summed E-state index contributed by atoms with van der Waals surface area (Å²) < 4.78 is 36.7. The average Bonchev–Trinajstić information content (AvgIpc) is 2.73. The van der Waals surface area contributed by atoms with Crippen molar-refractivity contribution in [2.45, 2.75) is 13.1 Å². The topological polar surface area (TPSA) is 52.2 Å². The van der Waals surface area contributed by atoms with Crippen LogP contribution in [0.4, 0.5) is 13.2 Å². The second kappa shape index (κ2) is 5.20. The largest absolute Gasteiger partial charge is 0.401 e. The Labute approximate surface area is 108 Å². The number of nitrogens with one attached hydrogen (secondary N) is 1. The van der Waals surface area contributed by atoms with Gasteiger partial charge in [-0.05, 0) is 6.92 Å². The van der Waals surface area contributed by atoms with Gasteiger partial charge in [0.05, 0.1) is 18.3 Å². The van der Waals surface area contributed by atoms with Crippen molar-refractivity contribution in [2.24, 2.45) is 0 Å². The third-order valence-corrected chi connectivity index (χ3v) is 3.12. The summed E-state index contributed by atoms with van der Waals surface area (Å²) in [5.41, 5.74) is 1.15. The van der Waals surface area contributed by atoms with E-state index in [4.69, 9.17) is 0 Å². The van der Waals surface area contributed by atoms with Crippen LogP contribution in [0.1, 0.15) is 16.1 Å². The van der Waals surface area contributed by atoms with Gasteiger partial charge in [0.25, 0.3) is 5.91 Å². The number of rotatable bonds is 2. The third kappa shape index (κ3) is 3.46. The molecule has 1 amide bonds. The number of alkyl halides is 3. The number of amides is 1. The fourth-order valence-electron chi connectivity index (χ4n) is 2.10. The molecule has 1 saturated heterocycles. The minimum Gasteiger partial charge on any atom is -0.336 e. The Hall–Kier alpha value is -1.57. The Kier molecular flexibility index (Phi) is 3.79. The summed E-state index contributed by atoms with van der Waals surface area (Å²) in [6, 6.07) is 0. The van der Waals surface area contributed by atoms with E-state index in [1.54, 1.807) is 11.8 Å². The number of halogens is 3. The molecule has 5 nitrogen and oxygen atoms in total. The van der Waals surface area contributed by atoms with Crippen LogP contribution >= 0.6 is 0 Å². The lowest BCUT2D eigenvalue weighted by molar-refractivity contribution is -0.148. The van der Waals surface area contributed by atoms with E-state index in [-0.39, 0.29) is 19.0 Å². The number of hydrogen-bond donors (Lipinski definition) is 1. The number of aryl methyl sites for hydroxylation is 1. The number of hydrogen-bond acceptors (Lipinski definition) is 3. The number of H-pyrrole nitrogens is 1. The third-order valence-electron chi connectivity index (χ3n) is 3.12. The van der Waals surface area contributed by atoms with Gasteiger partial charge in [-0.2, -0.15) is 18.3 Å². The van der Waals surface area contributed by atoms with Crippen molar-refractivity contribution in [3.05, 3.63) is 17.5 Å². The molecule has 0 aromatic carbocycles. The lowest BCUT2D eigenvalue weighted by Gasteiger charge is -2.34. The summed E-state index contributed by atoms with van der Waals surface area (Å²) in [5, 5.41) is 6.44. The van der Waals surface area contributed by atoms with Gasteiger partial charge < -0.3 is 4.90 Å². The molecule has 1 aliphatic rings. The minimum absolute atomic E-state index is 0.182. The fourth-order valence-corrected chi connectivity index (χ4v) is 2.10. The summed E-state index contributed by atoms with van der Waals surface area (Å²) in [7, 11) is 0. The summed E-state index contributed by atoms with van der Waals surface area (Å²) in [6.45, 7) is 1.91. The van der Waals surface area contributed by atoms with Crippen LogP contribution in [0.25, 0.3) is 0 Å². The van der Waals surface area contributed by atoms with Gasteiger partial charge in [0.2, 0.25) is 0 Å². The molecule has 1 fully saturated rings. The highest BCUT2D eigenvalue weighted by Crippen LogP contribution is 2.18. The number of aromatic nitrogens is 2. The van der Waals surface area contributed by atoms with Gasteiger partial charge in [0, 0.05) is 31.9 Å². The Morgan fingerprint density at radius 1 is 1.37 bits per heavy atom. The SMILES string of the molecule is Cc1[nH]ncc1C(=O)N1CCN(CC(F)(F)F)CC1. The number of nitrogens with zero attached hydrogens (tertiary/aromatic N) is 3. The van der Waals surface area contributed by atoms with Crippen LogP contribution in [-0.2, 0) is 0 Å². The molecule has 1 N–H and O–H groups in total. The molecule has 0 saturated carbocycles. The maximum absolute atomic E-state index is 12.2. The second-order valence-corrected chi connectivity index (χ2v) is 4.59. The number of carbonyl (C=O) groups is 1. The summed E-state index contributed by atoms with van der Waals surface area (Å²) >= 11 is 0. The monoisotopic (exact) mass is 276 g/mol. The lowest BCUT2D eigenvalue weighted by atomic mass is 10.2. The van der Waals surface area contributed by atoms with Crippen molar-refractivity contribution in [3.8, 4) is 0 Å². The predicted octanol–water partition coefficient (Wildman–Crippen LogP) is 1.04. The minimum atomic E-state index is -4.19. The summed E-state index contributed by atoms with van der Waals surface area (Å²) in [6.07, 6.45) is -2.74. The van der Waals surface area contributed by atoms with Gasteiger partial charge in [0.1, 0.15) is 0 Å². The van der Waals surface area contributed by atoms with Crippen LogP contribution in [0.5, 0.6) is 0 Å². The molecular weight excluding hydrogens is 261 g/mol. The van der Waals surface area contributed by atoms with Gasteiger partial charge >= 0.3 is 6.18 Å². The first-order valence-electron chi connectivity index (χ1n) is 5.95. The Morgan fingerprint density at radius 3 is 2.47 bits per heavy atom. The number of aromatic amines is 1. The van der Waals surface area contributed by atoms with E-state index in [2.05, 4.69) is 10.2 Å². The van der Waals surface area contributed by atoms with Crippen molar-refractivity contribution in [1.82, 2.24) is 20.0 Å². The Morgan fingerprint density at radius 2 is 2.00 bits per heavy atom. The molecule has 2 rings (SSSR count). The van der Waals surface area contributed by atoms with E-state index in [1.165, 1.54) is 11.1 Å². The quantitative estimate of drug-likeness (QED) is 0.878. The lowest BCUT2D eigenvalue weighted by Crippen LogP contribution is -2.50. The van der Waals surface area contributed by atoms with E-state index < -0.39 is 12.7 Å². The van der Waals surface area contributed by atoms with E-state index in [0.717, 1.165) is 0 Å². The van der Waals surface area contributed by atoms with Crippen LogP contribution in [0.15, 0.2) is 6.20 Å².